The Labute approximate surface area is 121 Å². The van der Waals surface area contributed by atoms with Crippen molar-refractivity contribution in [3.63, 3.8) is 0 Å². The van der Waals surface area contributed by atoms with Gasteiger partial charge in [-0.1, -0.05) is 17.7 Å². The Bertz CT molecular complexity index is 581. The number of halogens is 2. The van der Waals surface area contributed by atoms with Crippen LogP contribution in [0.4, 0.5) is 4.39 Å². The lowest BCUT2D eigenvalue weighted by atomic mass is 9.94. The van der Waals surface area contributed by atoms with Gasteiger partial charge in [-0.3, -0.25) is 0 Å². The van der Waals surface area contributed by atoms with Gasteiger partial charge in [-0.2, -0.15) is 0 Å². The molecule has 19 heavy (non-hydrogen) atoms. The van der Waals surface area contributed by atoms with Crippen LogP contribution in [0.2, 0.25) is 5.02 Å². The second kappa shape index (κ2) is 5.61. The highest BCUT2D eigenvalue weighted by molar-refractivity contribution is 7.10. The summed E-state index contributed by atoms with van der Waals surface area (Å²) >= 11 is 7.53. The van der Waals surface area contributed by atoms with Crippen LogP contribution in [-0.2, 0) is 13.0 Å². The zero-order valence-corrected chi connectivity index (χ0v) is 12.0. The van der Waals surface area contributed by atoms with Crippen molar-refractivity contribution in [2.45, 2.75) is 31.8 Å². The predicted molar refractivity (Wildman–Crippen MR) is 78.2 cm³/mol. The summed E-state index contributed by atoms with van der Waals surface area (Å²) in [5.41, 5.74) is 2.36. The van der Waals surface area contributed by atoms with Gasteiger partial charge in [0.05, 0.1) is 5.02 Å². The van der Waals surface area contributed by atoms with Crippen molar-refractivity contribution in [1.29, 1.82) is 0 Å². The Hall–Kier alpha value is -0.900. The molecule has 1 N–H and O–H groups in total. The summed E-state index contributed by atoms with van der Waals surface area (Å²) < 4.78 is 13.4. The highest BCUT2D eigenvalue weighted by Crippen LogP contribution is 2.33. The average molecular weight is 296 g/mol. The molecule has 1 aromatic heterocycles. The molecule has 0 spiro atoms. The van der Waals surface area contributed by atoms with Gasteiger partial charge in [0.15, 0.2) is 0 Å². The summed E-state index contributed by atoms with van der Waals surface area (Å²) in [5, 5.41) is 5.87. The van der Waals surface area contributed by atoms with Crippen LogP contribution in [0.15, 0.2) is 29.6 Å². The van der Waals surface area contributed by atoms with Crippen molar-refractivity contribution in [3.05, 3.63) is 56.5 Å². The van der Waals surface area contributed by atoms with Crippen LogP contribution in [-0.4, -0.2) is 0 Å². The minimum absolute atomic E-state index is 0.182. The van der Waals surface area contributed by atoms with E-state index in [-0.39, 0.29) is 10.8 Å². The Balaban J connectivity index is 1.69. The molecule has 0 fully saturated rings. The standard InChI is InChI=1S/C15H15ClFNS/c16-12-5-4-10(8-13(12)17)9-18-14-2-1-3-15-11(14)6-7-19-15/h4-8,14,18H,1-3,9H2. The predicted octanol–water partition coefficient (Wildman–Crippen LogP) is 4.71. The first-order valence-electron chi connectivity index (χ1n) is 6.47. The molecule has 2 aromatic rings. The van der Waals surface area contributed by atoms with Gasteiger partial charge >= 0.3 is 0 Å². The van der Waals surface area contributed by atoms with Gasteiger partial charge in [0, 0.05) is 17.5 Å². The van der Waals surface area contributed by atoms with Crippen LogP contribution < -0.4 is 5.32 Å². The van der Waals surface area contributed by atoms with Crippen molar-refractivity contribution in [2.24, 2.45) is 0 Å². The van der Waals surface area contributed by atoms with Gasteiger partial charge in [-0.05, 0) is 54.0 Å². The molecular formula is C15H15ClFNS. The largest absolute Gasteiger partial charge is 0.306 e. The highest BCUT2D eigenvalue weighted by Gasteiger charge is 2.20. The smallest absolute Gasteiger partial charge is 0.142 e. The van der Waals surface area contributed by atoms with Crippen LogP contribution in [0.3, 0.4) is 0 Å². The van der Waals surface area contributed by atoms with E-state index in [1.165, 1.54) is 29.3 Å². The fourth-order valence-electron chi connectivity index (χ4n) is 2.59. The third-order valence-electron chi connectivity index (χ3n) is 3.59. The third-order valence-corrected chi connectivity index (χ3v) is 4.89. The molecule has 0 bridgehead atoms. The van der Waals surface area contributed by atoms with E-state index in [1.54, 1.807) is 6.07 Å². The fraction of sp³-hybridized carbons (Fsp3) is 0.333. The molecule has 1 aliphatic rings. The molecular weight excluding hydrogens is 281 g/mol. The first-order valence-corrected chi connectivity index (χ1v) is 7.73. The second-order valence-corrected chi connectivity index (χ2v) is 6.28. The molecule has 4 heteroatoms. The van der Waals surface area contributed by atoms with Gasteiger partial charge in [-0.15, -0.1) is 11.3 Å². The molecule has 0 amide bonds. The quantitative estimate of drug-likeness (QED) is 0.865. The minimum Gasteiger partial charge on any atom is -0.306 e. The van der Waals surface area contributed by atoms with Gasteiger partial charge in [-0.25, -0.2) is 4.39 Å². The van der Waals surface area contributed by atoms with E-state index in [1.807, 2.05) is 17.4 Å². The van der Waals surface area contributed by atoms with Crippen molar-refractivity contribution >= 4 is 22.9 Å². The lowest BCUT2D eigenvalue weighted by molar-refractivity contribution is 0.462. The van der Waals surface area contributed by atoms with E-state index in [0.29, 0.717) is 12.6 Å². The van der Waals surface area contributed by atoms with Crippen LogP contribution in [0.25, 0.3) is 0 Å². The monoisotopic (exact) mass is 295 g/mol. The molecule has 1 aliphatic carbocycles. The van der Waals surface area contributed by atoms with Crippen molar-refractivity contribution in [3.8, 4) is 0 Å². The molecule has 0 saturated carbocycles. The average Bonchev–Trinajstić information content (AvgIpc) is 2.89. The summed E-state index contributed by atoms with van der Waals surface area (Å²) in [6, 6.07) is 7.60. The summed E-state index contributed by atoms with van der Waals surface area (Å²) in [5.74, 6) is -0.346. The van der Waals surface area contributed by atoms with Crippen molar-refractivity contribution in [1.82, 2.24) is 5.32 Å². The van der Waals surface area contributed by atoms with Crippen molar-refractivity contribution < 1.29 is 4.39 Å². The van der Waals surface area contributed by atoms with Crippen LogP contribution in [0, 0.1) is 5.82 Å². The van der Waals surface area contributed by atoms with E-state index >= 15 is 0 Å². The van der Waals surface area contributed by atoms with Crippen LogP contribution in [0.1, 0.15) is 34.9 Å². The normalized spacial score (nSPS) is 18.3. The zero-order chi connectivity index (χ0) is 13.2. The SMILES string of the molecule is Fc1cc(CNC2CCCc3sccc32)ccc1Cl. The maximum atomic E-state index is 13.4. The number of thiophene rings is 1. The molecule has 0 saturated heterocycles. The lowest BCUT2D eigenvalue weighted by Crippen LogP contribution is -2.23. The first-order chi connectivity index (χ1) is 9.24. The molecule has 100 valence electrons. The molecule has 1 atom stereocenters. The maximum Gasteiger partial charge on any atom is 0.142 e. The molecule has 1 unspecified atom stereocenters. The van der Waals surface area contributed by atoms with E-state index < -0.39 is 0 Å². The Kier molecular flexibility index (Phi) is 3.87. The van der Waals surface area contributed by atoms with Gasteiger partial charge < -0.3 is 5.32 Å². The summed E-state index contributed by atoms with van der Waals surface area (Å²) in [6.45, 7) is 0.675. The Morgan fingerprint density at radius 3 is 3.11 bits per heavy atom. The summed E-state index contributed by atoms with van der Waals surface area (Å²) in [7, 11) is 0. The molecule has 1 nitrogen and oxygen atoms in total. The molecule has 3 rings (SSSR count). The van der Waals surface area contributed by atoms with E-state index in [0.717, 1.165) is 12.0 Å². The summed E-state index contributed by atoms with van der Waals surface area (Å²) in [6.07, 6.45) is 3.57. The van der Waals surface area contributed by atoms with E-state index in [2.05, 4.69) is 16.8 Å². The topological polar surface area (TPSA) is 12.0 Å². The van der Waals surface area contributed by atoms with E-state index in [4.69, 9.17) is 11.6 Å². The Morgan fingerprint density at radius 1 is 1.37 bits per heavy atom. The lowest BCUT2D eigenvalue weighted by Gasteiger charge is -2.23. The number of hydrogen-bond acceptors (Lipinski definition) is 2. The molecule has 0 radical (unpaired) electrons. The molecule has 1 aromatic carbocycles. The van der Waals surface area contributed by atoms with Gasteiger partial charge in [0.1, 0.15) is 5.82 Å². The number of fused-ring (bicyclic) bond motifs is 1. The number of hydrogen-bond donors (Lipinski definition) is 1. The third kappa shape index (κ3) is 2.83. The maximum absolute atomic E-state index is 13.4. The zero-order valence-electron chi connectivity index (χ0n) is 10.5. The molecule has 1 heterocycles. The van der Waals surface area contributed by atoms with Crippen LogP contribution in [0.5, 0.6) is 0 Å². The molecule has 0 aliphatic heterocycles. The van der Waals surface area contributed by atoms with Gasteiger partial charge in [0.2, 0.25) is 0 Å². The van der Waals surface area contributed by atoms with E-state index in [9.17, 15) is 4.39 Å². The Morgan fingerprint density at radius 2 is 2.26 bits per heavy atom. The second-order valence-electron chi connectivity index (χ2n) is 4.87. The fourth-order valence-corrected chi connectivity index (χ4v) is 3.69. The van der Waals surface area contributed by atoms with Crippen LogP contribution >= 0.6 is 22.9 Å². The number of aryl methyl sites for hydroxylation is 1. The minimum atomic E-state index is -0.346. The highest BCUT2D eigenvalue weighted by atomic mass is 35.5. The number of benzene rings is 1. The number of nitrogens with one attached hydrogen (secondary N) is 1. The van der Waals surface area contributed by atoms with Crippen molar-refractivity contribution in [2.75, 3.05) is 0 Å². The first kappa shape index (κ1) is 13.1. The summed E-state index contributed by atoms with van der Waals surface area (Å²) in [4.78, 5) is 1.49. The number of rotatable bonds is 3. The van der Waals surface area contributed by atoms with Gasteiger partial charge in [0.25, 0.3) is 0 Å².